The molecular weight excluding hydrogens is 342 g/mol. The van der Waals surface area contributed by atoms with E-state index in [1.807, 2.05) is 4.57 Å². The molecule has 3 rings (SSSR count). The minimum Gasteiger partial charge on any atom is -0.351 e. The largest absolute Gasteiger partial charge is 0.351 e. The number of imidazole rings is 1. The molecule has 0 saturated carbocycles. The fourth-order valence-electron chi connectivity index (χ4n) is 3.04. The number of benzene rings is 1. The van der Waals surface area contributed by atoms with Crippen LogP contribution in [0.5, 0.6) is 0 Å². The first kappa shape index (κ1) is 18.0. The molecule has 1 atom stereocenters. The van der Waals surface area contributed by atoms with Gasteiger partial charge in [0.2, 0.25) is 11.8 Å². The number of halogens is 2. The summed E-state index contributed by atoms with van der Waals surface area (Å²) in [4.78, 5) is 30.0. The van der Waals surface area contributed by atoms with Crippen molar-refractivity contribution in [3.05, 3.63) is 54.1 Å². The Kier molecular flexibility index (Phi) is 5.60. The highest BCUT2D eigenvalue weighted by molar-refractivity contribution is 5.79. The fourth-order valence-corrected chi connectivity index (χ4v) is 3.04. The quantitative estimate of drug-likeness (QED) is 0.847. The van der Waals surface area contributed by atoms with E-state index in [4.69, 9.17) is 0 Å². The van der Waals surface area contributed by atoms with E-state index in [0.717, 1.165) is 6.07 Å². The summed E-state index contributed by atoms with van der Waals surface area (Å²) in [5.74, 6) is -2.32. The Hall–Kier alpha value is -2.77. The summed E-state index contributed by atoms with van der Waals surface area (Å²) >= 11 is 0. The standard InChI is InChI=1S/C18H20F2N4O2/c19-15-3-1-2-13(18(15)20)10-16(25)22-14-4-8-24(11-14)17(26)5-7-23-9-6-21-12-23/h1-3,6,9,12,14H,4-5,7-8,10-11H2,(H,22,25). The second kappa shape index (κ2) is 8.07. The lowest BCUT2D eigenvalue weighted by molar-refractivity contribution is -0.130. The van der Waals surface area contributed by atoms with E-state index in [-0.39, 0.29) is 29.8 Å². The summed E-state index contributed by atoms with van der Waals surface area (Å²) in [6.07, 6.45) is 5.90. The lowest BCUT2D eigenvalue weighted by Crippen LogP contribution is -2.39. The number of carbonyl (C=O) groups is 2. The van der Waals surface area contributed by atoms with Gasteiger partial charge in [0.15, 0.2) is 11.6 Å². The van der Waals surface area contributed by atoms with Gasteiger partial charge in [0.1, 0.15) is 0 Å². The first-order valence-electron chi connectivity index (χ1n) is 8.48. The Balaban J connectivity index is 1.45. The summed E-state index contributed by atoms with van der Waals surface area (Å²) < 4.78 is 28.7. The number of likely N-dealkylation sites (tertiary alicyclic amines) is 1. The third-order valence-corrected chi connectivity index (χ3v) is 4.43. The highest BCUT2D eigenvalue weighted by Crippen LogP contribution is 2.14. The summed E-state index contributed by atoms with van der Waals surface area (Å²) in [5, 5.41) is 2.79. The minimum absolute atomic E-state index is 0.0200. The van der Waals surface area contributed by atoms with Crippen LogP contribution >= 0.6 is 0 Å². The second-order valence-electron chi connectivity index (χ2n) is 6.33. The van der Waals surface area contributed by atoms with Gasteiger partial charge < -0.3 is 14.8 Å². The summed E-state index contributed by atoms with van der Waals surface area (Å²) in [6.45, 7) is 1.56. The maximum atomic E-state index is 13.6. The van der Waals surface area contributed by atoms with Gasteiger partial charge in [0.05, 0.1) is 12.7 Å². The molecule has 26 heavy (non-hydrogen) atoms. The zero-order valence-electron chi connectivity index (χ0n) is 14.2. The van der Waals surface area contributed by atoms with Crippen LogP contribution in [-0.2, 0) is 22.6 Å². The number of amides is 2. The van der Waals surface area contributed by atoms with Gasteiger partial charge in [-0.05, 0) is 12.5 Å². The smallest absolute Gasteiger partial charge is 0.224 e. The summed E-state index contributed by atoms with van der Waals surface area (Å²) in [5.41, 5.74) is 0.0220. The Morgan fingerprint density at radius 3 is 2.92 bits per heavy atom. The number of aromatic nitrogens is 2. The number of nitrogens with zero attached hydrogens (tertiary/aromatic N) is 3. The lowest BCUT2D eigenvalue weighted by atomic mass is 10.1. The number of rotatable bonds is 6. The predicted molar refractivity (Wildman–Crippen MR) is 90.0 cm³/mol. The normalized spacial score (nSPS) is 16.7. The number of hydrogen-bond acceptors (Lipinski definition) is 3. The molecule has 1 aromatic carbocycles. The van der Waals surface area contributed by atoms with E-state index in [2.05, 4.69) is 10.3 Å². The molecule has 138 valence electrons. The maximum absolute atomic E-state index is 13.6. The molecule has 0 radical (unpaired) electrons. The van der Waals surface area contributed by atoms with Gasteiger partial charge in [-0.25, -0.2) is 13.8 Å². The molecule has 1 aliphatic rings. The van der Waals surface area contributed by atoms with Gasteiger partial charge in [-0.1, -0.05) is 12.1 Å². The third kappa shape index (κ3) is 4.44. The molecule has 0 bridgehead atoms. The van der Waals surface area contributed by atoms with Crippen LogP contribution in [-0.4, -0.2) is 45.4 Å². The van der Waals surface area contributed by atoms with Crippen LogP contribution in [0.2, 0.25) is 0 Å². The topological polar surface area (TPSA) is 67.2 Å². The Bertz CT molecular complexity index is 780. The van der Waals surface area contributed by atoms with Gasteiger partial charge >= 0.3 is 0 Å². The zero-order chi connectivity index (χ0) is 18.5. The number of nitrogens with one attached hydrogen (secondary N) is 1. The van der Waals surface area contributed by atoms with Gasteiger partial charge in [-0.3, -0.25) is 9.59 Å². The molecule has 8 heteroatoms. The van der Waals surface area contributed by atoms with Crippen molar-refractivity contribution in [2.45, 2.75) is 31.8 Å². The lowest BCUT2D eigenvalue weighted by Gasteiger charge is -2.17. The highest BCUT2D eigenvalue weighted by Gasteiger charge is 2.27. The Morgan fingerprint density at radius 1 is 1.31 bits per heavy atom. The van der Waals surface area contributed by atoms with Crippen molar-refractivity contribution in [3.63, 3.8) is 0 Å². The van der Waals surface area contributed by atoms with Crippen molar-refractivity contribution >= 4 is 11.8 Å². The van der Waals surface area contributed by atoms with Crippen LogP contribution in [0.3, 0.4) is 0 Å². The van der Waals surface area contributed by atoms with Crippen LogP contribution in [0.1, 0.15) is 18.4 Å². The maximum Gasteiger partial charge on any atom is 0.224 e. The molecule has 6 nitrogen and oxygen atoms in total. The SMILES string of the molecule is O=C(Cc1cccc(F)c1F)NC1CCN(C(=O)CCn2ccnc2)C1. The predicted octanol–water partition coefficient (Wildman–Crippen LogP) is 1.51. The molecule has 1 saturated heterocycles. The zero-order valence-corrected chi connectivity index (χ0v) is 14.2. The first-order valence-corrected chi connectivity index (χ1v) is 8.48. The van der Waals surface area contributed by atoms with Crippen LogP contribution in [0.25, 0.3) is 0 Å². The monoisotopic (exact) mass is 362 g/mol. The average molecular weight is 362 g/mol. The number of carbonyl (C=O) groups excluding carboxylic acids is 2. The molecule has 1 N–H and O–H groups in total. The molecule has 2 aromatic rings. The molecule has 2 amide bonds. The van der Waals surface area contributed by atoms with Crippen molar-refractivity contribution in [3.8, 4) is 0 Å². The van der Waals surface area contributed by atoms with E-state index >= 15 is 0 Å². The number of aryl methyl sites for hydroxylation is 1. The highest BCUT2D eigenvalue weighted by atomic mass is 19.2. The molecule has 2 heterocycles. The first-order chi connectivity index (χ1) is 12.5. The number of hydrogen-bond donors (Lipinski definition) is 1. The molecule has 0 spiro atoms. The van der Waals surface area contributed by atoms with Gasteiger partial charge in [-0.2, -0.15) is 0 Å². The van der Waals surface area contributed by atoms with E-state index in [1.54, 1.807) is 23.6 Å². The van der Waals surface area contributed by atoms with Crippen molar-refractivity contribution in [1.29, 1.82) is 0 Å². The third-order valence-electron chi connectivity index (χ3n) is 4.43. The second-order valence-corrected chi connectivity index (χ2v) is 6.33. The average Bonchev–Trinajstić information content (AvgIpc) is 3.28. The van der Waals surface area contributed by atoms with E-state index in [9.17, 15) is 18.4 Å². The van der Waals surface area contributed by atoms with Crippen molar-refractivity contribution in [2.24, 2.45) is 0 Å². The van der Waals surface area contributed by atoms with Crippen molar-refractivity contribution < 1.29 is 18.4 Å². The summed E-state index contributed by atoms with van der Waals surface area (Å²) in [7, 11) is 0. The van der Waals surface area contributed by atoms with Gasteiger partial charge in [0.25, 0.3) is 0 Å². The summed E-state index contributed by atoms with van der Waals surface area (Å²) in [6, 6.07) is 3.60. The molecule has 1 aliphatic heterocycles. The van der Waals surface area contributed by atoms with Crippen molar-refractivity contribution in [1.82, 2.24) is 19.8 Å². The van der Waals surface area contributed by atoms with E-state index in [1.165, 1.54) is 12.1 Å². The van der Waals surface area contributed by atoms with E-state index < -0.39 is 11.6 Å². The van der Waals surface area contributed by atoms with Crippen LogP contribution < -0.4 is 5.32 Å². The van der Waals surface area contributed by atoms with Gasteiger partial charge in [-0.15, -0.1) is 0 Å². The fraction of sp³-hybridized carbons (Fsp3) is 0.389. The minimum atomic E-state index is -0.995. The molecular formula is C18H20F2N4O2. The van der Waals surface area contributed by atoms with Gasteiger partial charge in [0, 0.05) is 50.1 Å². The molecule has 0 aliphatic carbocycles. The van der Waals surface area contributed by atoms with Crippen LogP contribution in [0.15, 0.2) is 36.9 Å². The molecule has 1 aromatic heterocycles. The van der Waals surface area contributed by atoms with E-state index in [0.29, 0.717) is 32.5 Å². The molecule has 1 fully saturated rings. The van der Waals surface area contributed by atoms with Crippen LogP contribution in [0, 0.1) is 11.6 Å². The Labute approximate surface area is 149 Å². The van der Waals surface area contributed by atoms with Crippen molar-refractivity contribution in [2.75, 3.05) is 13.1 Å². The van der Waals surface area contributed by atoms with Crippen LogP contribution in [0.4, 0.5) is 8.78 Å². The molecule has 1 unspecified atom stereocenters. The Morgan fingerprint density at radius 2 is 2.15 bits per heavy atom.